The van der Waals surface area contributed by atoms with Gasteiger partial charge in [0.05, 0.1) is 6.42 Å². The van der Waals surface area contributed by atoms with Crippen LogP contribution in [-0.4, -0.2) is 10.8 Å². The van der Waals surface area contributed by atoms with Crippen LogP contribution in [0.15, 0.2) is 41.0 Å². The van der Waals surface area contributed by atoms with Crippen LogP contribution in [0.3, 0.4) is 0 Å². The zero-order valence-corrected chi connectivity index (χ0v) is 11.6. The minimum absolute atomic E-state index is 0.00831. The van der Waals surface area contributed by atoms with Crippen molar-refractivity contribution in [3.8, 4) is 0 Å². The molecule has 0 bridgehead atoms. The molecular weight excluding hydrogens is 292 g/mol. The molecule has 3 nitrogen and oxygen atoms in total. The number of ketones is 1. The summed E-state index contributed by atoms with van der Waals surface area (Å²) in [7, 11) is 0. The van der Waals surface area contributed by atoms with Gasteiger partial charge >= 0.3 is 0 Å². The Morgan fingerprint density at radius 1 is 1.33 bits per heavy atom. The second-order valence-electron chi connectivity index (χ2n) is 4.16. The van der Waals surface area contributed by atoms with E-state index >= 15 is 0 Å². The quantitative estimate of drug-likeness (QED) is 0.700. The monoisotopic (exact) mass is 304 g/mol. The maximum atomic E-state index is 12.1. The maximum Gasteiger partial charge on any atom is 0.170 e. The summed E-state index contributed by atoms with van der Waals surface area (Å²) in [6, 6.07) is 9.17. The predicted octanol–water partition coefficient (Wildman–Crippen LogP) is 3.16. The van der Waals surface area contributed by atoms with E-state index in [-0.39, 0.29) is 12.2 Å². The summed E-state index contributed by atoms with van der Waals surface area (Å²) in [5.41, 5.74) is 8.67. The fourth-order valence-electron chi connectivity index (χ4n) is 1.68. The van der Waals surface area contributed by atoms with Crippen LogP contribution >= 0.6 is 15.9 Å². The molecule has 0 radical (unpaired) electrons. The number of carbonyl (C=O) groups is 1. The van der Waals surface area contributed by atoms with Gasteiger partial charge in [0.1, 0.15) is 0 Å². The number of halogens is 1. The molecule has 18 heavy (non-hydrogen) atoms. The Hall–Kier alpha value is -1.68. The molecule has 0 aliphatic rings. The van der Waals surface area contributed by atoms with Crippen molar-refractivity contribution in [2.45, 2.75) is 13.3 Å². The Morgan fingerprint density at radius 3 is 2.78 bits per heavy atom. The van der Waals surface area contributed by atoms with E-state index in [0.717, 1.165) is 15.7 Å². The van der Waals surface area contributed by atoms with Gasteiger partial charge in [0, 0.05) is 27.6 Å². The van der Waals surface area contributed by atoms with Crippen molar-refractivity contribution in [1.82, 2.24) is 4.98 Å². The fourth-order valence-corrected chi connectivity index (χ4v) is 1.92. The largest absolute Gasteiger partial charge is 0.398 e. The Labute approximate surface area is 114 Å². The number of benzene rings is 1. The number of Topliss-reactive ketones (excluding diaryl/α,β-unsaturated/α-hetero) is 1. The number of aromatic nitrogens is 1. The minimum atomic E-state index is -0.00831. The summed E-state index contributed by atoms with van der Waals surface area (Å²) in [6.07, 6.45) is 1.95. The fraction of sp³-hybridized carbons (Fsp3) is 0.143. The van der Waals surface area contributed by atoms with Gasteiger partial charge in [-0.1, -0.05) is 11.6 Å². The molecule has 0 amide bonds. The van der Waals surface area contributed by atoms with Crippen LogP contribution in [0.5, 0.6) is 0 Å². The molecule has 0 saturated carbocycles. The first kappa shape index (κ1) is 12.8. The molecular formula is C14H13BrN2O. The third-order valence-electron chi connectivity index (χ3n) is 2.64. The topological polar surface area (TPSA) is 56.0 Å². The first-order valence-electron chi connectivity index (χ1n) is 5.56. The lowest BCUT2D eigenvalue weighted by atomic mass is 10.0. The number of hydrogen-bond acceptors (Lipinski definition) is 3. The van der Waals surface area contributed by atoms with Crippen molar-refractivity contribution in [3.63, 3.8) is 0 Å². The maximum absolute atomic E-state index is 12.1. The first-order chi connectivity index (χ1) is 8.56. The average Bonchev–Trinajstić information content (AvgIpc) is 2.35. The first-order valence-corrected chi connectivity index (χ1v) is 6.35. The Balaban J connectivity index is 2.21. The molecule has 2 N–H and O–H groups in total. The summed E-state index contributed by atoms with van der Waals surface area (Å²) in [6.45, 7) is 1.94. The lowest BCUT2D eigenvalue weighted by Gasteiger charge is -2.06. The smallest absolute Gasteiger partial charge is 0.170 e. The number of nitrogen functional groups attached to an aromatic ring is 1. The second kappa shape index (κ2) is 5.31. The molecule has 0 aliphatic heterocycles. The number of rotatable bonds is 3. The average molecular weight is 305 g/mol. The molecule has 0 atom stereocenters. The number of aryl methyl sites for hydroxylation is 1. The van der Waals surface area contributed by atoms with E-state index in [1.807, 2.05) is 31.2 Å². The molecule has 0 fully saturated rings. The number of hydrogen-bond donors (Lipinski definition) is 1. The summed E-state index contributed by atoms with van der Waals surface area (Å²) in [4.78, 5) is 16.3. The van der Waals surface area contributed by atoms with Crippen molar-refractivity contribution >= 4 is 27.4 Å². The third kappa shape index (κ3) is 2.96. The van der Waals surface area contributed by atoms with Gasteiger partial charge in [0.2, 0.25) is 0 Å². The number of pyridine rings is 1. The van der Waals surface area contributed by atoms with Gasteiger partial charge in [-0.05, 0) is 47.1 Å². The van der Waals surface area contributed by atoms with Crippen molar-refractivity contribution in [3.05, 3.63) is 57.8 Å². The van der Waals surface area contributed by atoms with Crippen molar-refractivity contribution in [2.75, 3.05) is 5.73 Å². The number of carbonyl (C=O) groups excluding carboxylic acids is 1. The van der Waals surface area contributed by atoms with Crippen molar-refractivity contribution < 1.29 is 4.79 Å². The van der Waals surface area contributed by atoms with Gasteiger partial charge in [0.25, 0.3) is 0 Å². The Kier molecular flexibility index (Phi) is 3.77. The van der Waals surface area contributed by atoms with Gasteiger partial charge in [-0.3, -0.25) is 9.78 Å². The molecule has 0 spiro atoms. The molecule has 92 valence electrons. The van der Waals surface area contributed by atoms with E-state index in [1.54, 1.807) is 12.3 Å². The Bertz CT molecular complexity index is 579. The highest BCUT2D eigenvalue weighted by Crippen LogP contribution is 2.16. The summed E-state index contributed by atoms with van der Waals surface area (Å²) < 4.78 is 0.897. The normalized spacial score (nSPS) is 10.3. The molecule has 0 aliphatic carbocycles. The predicted molar refractivity (Wildman–Crippen MR) is 75.6 cm³/mol. The second-order valence-corrected chi connectivity index (χ2v) is 5.07. The molecule has 1 aromatic heterocycles. The summed E-state index contributed by atoms with van der Waals surface area (Å²) in [5.74, 6) is -0.00831. The Morgan fingerprint density at radius 2 is 2.11 bits per heavy atom. The van der Waals surface area contributed by atoms with Gasteiger partial charge in [-0.2, -0.15) is 0 Å². The van der Waals surface area contributed by atoms with E-state index in [4.69, 9.17) is 5.73 Å². The highest BCUT2D eigenvalue weighted by atomic mass is 79.9. The SMILES string of the molecule is Cc1ccc(N)c(C(=O)Cc2ccc(Br)cn2)c1. The lowest BCUT2D eigenvalue weighted by Crippen LogP contribution is -2.08. The van der Waals surface area contributed by atoms with Gasteiger partial charge < -0.3 is 5.73 Å². The molecule has 1 aromatic carbocycles. The van der Waals surface area contributed by atoms with E-state index in [9.17, 15) is 4.79 Å². The summed E-state index contributed by atoms with van der Waals surface area (Å²) in [5, 5.41) is 0. The standard InChI is InChI=1S/C14H13BrN2O/c1-9-2-5-13(16)12(6-9)14(18)7-11-4-3-10(15)8-17-11/h2-6,8H,7,16H2,1H3. The molecule has 2 rings (SSSR count). The van der Waals surface area contributed by atoms with Crippen LogP contribution in [0.2, 0.25) is 0 Å². The lowest BCUT2D eigenvalue weighted by molar-refractivity contribution is 0.0992. The van der Waals surface area contributed by atoms with Gasteiger partial charge in [0.15, 0.2) is 5.78 Å². The highest BCUT2D eigenvalue weighted by molar-refractivity contribution is 9.10. The third-order valence-corrected chi connectivity index (χ3v) is 3.11. The van der Waals surface area contributed by atoms with E-state index < -0.39 is 0 Å². The highest BCUT2D eigenvalue weighted by Gasteiger charge is 2.11. The van der Waals surface area contributed by atoms with Crippen LogP contribution in [0.1, 0.15) is 21.6 Å². The minimum Gasteiger partial charge on any atom is -0.398 e. The molecule has 0 saturated heterocycles. The van der Waals surface area contributed by atoms with Gasteiger partial charge in [-0.25, -0.2) is 0 Å². The zero-order chi connectivity index (χ0) is 13.1. The molecule has 2 aromatic rings. The van der Waals surface area contributed by atoms with Crippen LogP contribution < -0.4 is 5.73 Å². The number of nitrogens with zero attached hydrogens (tertiary/aromatic N) is 1. The molecule has 0 unspecified atom stereocenters. The van der Waals surface area contributed by atoms with Crippen LogP contribution in [0.4, 0.5) is 5.69 Å². The van der Waals surface area contributed by atoms with E-state index in [2.05, 4.69) is 20.9 Å². The van der Waals surface area contributed by atoms with Crippen LogP contribution in [0, 0.1) is 6.92 Å². The van der Waals surface area contributed by atoms with Crippen LogP contribution in [0.25, 0.3) is 0 Å². The molecule has 4 heteroatoms. The van der Waals surface area contributed by atoms with Crippen molar-refractivity contribution in [2.24, 2.45) is 0 Å². The summed E-state index contributed by atoms with van der Waals surface area (Å²) >= 11 is 3.31. The van der Waals surface area contributed by atoms with Gasteiger partial charge in [-0.15, -0.1) is 0 Å². The zero-order valence-electron chi connectivity index (χ0n) is 9.98. The van der Waals surface area contributed by atoms with Crippen molar-refractivity contribution in [1.29, 1.82) is 0 Å². The number of nitrogens with two attached hydrogens (primary N) is 1. The van der Waals surface area contributed by atoms with E-state index in [0.29, 0.717) is 11.3 Å². The van der Waals surface area contributed by atoms with Crippen LogP contribution in [-0.2, 0) is 6.42 Å². The van der Waals surface area contributed by atoms with E-state index in [1.165, 1.54) is 0 Å². The molecule has 1 heterocycles. The number of anilines is 1.